The summed E-state index contributed by atoms with van der Waals surface area (Å²) in [7, 11) is 0. The smallest absolute Gasteiger partial charge is 0.174 e. The van der Waals surface area contributed by atoms with Crippen LogP contribution >= 0.6 is 0 Å². The molecule has 0 bridgehead atoms. The van der Waals surface area contributed by atoms with Gasteiger partial charge in [0.05, 0.1) is 0 Å². The predicted molar refractivity (Wildman–Crippen MR) is 60.1 cm³/mol. The molecule has 0 fully saturated rings. The monoisotopic (exact) mass is 213 g/mol. The molecular weight excluding hydrogens is 202 g/mol. The van der Waals surface area contributed by atoms with Gasteiger partial charge in [0.25, 0.3) is 0 Å². The molecule has 0 amide bonds. The number of ether oxygens (including phenoxy) is 1. The summed E-state index contributed by atoms with van der Waals surface area (Å²) in [6.45, 7) is 3.81. The third kappa shape index (κ3) is 1.80. The molecule has 1 heterocycles. The zero-order valence-corrected chi connectivity index (χ0v) is 9.19. The summed E-state index contributed by atoms with van der Waals surface area (Å²) in [4.78, 5) is 8.64. The van der Waals surface area contributed by atoms with Gasteiger partial charge in [-0.2, -0.15) is 5.26 Å². The Morgan fingerprint density at radius 2 is 2.12 bits per heavy atom. The van der Waals surface area contributed by atoms with Crippen LogP contribution in [0.4, 0.5) is 0 Å². The summed E-state index contributed by atoms with van der Waals surface area (Å²) in [6, 6.07) is 7.58. The van der Waals surface area contributed by atoms with E-state index in [2.05, 4.69) is 9.97 Å². The molecule has 1 aromatic carbocycles. The molecule has 4 heteroatoms. The fraction of sp³-hybridized carbons (Fsp3) is 0.250. The van der Waals surface area contributed by atoms with E-state index in [1.807, 2.05) is 38.1 Å². The van der Waals surface area contributed by atoms with E-state index in [0.717, 1.165) is 16.6 Å². The molecule has 2 rings (SSSR count). The molecule has 0 N–H and O–H groups in total. The maximum Gasteiger partial charge on any atom is 0.174 e. The highest BCUT2D eigenvalue weighted by atomic mass is 16.5. The number of para-hydroxylation sites is 1. The van der Waals surface area contributed by atoms with Gasteiger partial charge in [0.2, 0.25) is 0 Å². The van der Waals surface area contributed by atoms with Crippen molar-refractivity contribution in [3.63, 3.8) is 0 Å². The van der Waals surface area contributed by atoms with Crippen LogP contribution in [0.3, 0.4) is 0 Å². The summed E-state index contributed by atoms with van der Waals surface area (Å²) in [5, 5.41) is 9.46. The van der Waals surface area contributed by atoms with Crippen LogP contribution in [0.15, 0.2) is 18.2 Å². The number of aryl methyl sites for hydroxylation is 2. The molecule has 1 aromatic heterocycles. The molecule has 80 valence electrons. The average molecular weight is 213 g/mol. The SMILES string of the molecule is Cc1nc(C)c2cccc(OCC#N)c2n1. The minimum Gasteiger partial charge on any atom is -0.476 e. The number of hydrogen-bond acceptors (Lipinski definition) is 4. The second-order valence-corrected chi connectivity index (χ2v) is 3.46. The highest BCUT2D eigenvalue weighted by Gasteiger charge is 2.07. The Balaban J connectivity index is 2.63. The first-order chi connectivity index (χ1) is 7.72. The van der Waals surface area contributed by atoms with Gasteiger partial charge in [-0.05, 0) is 19.9 Å². The van der Waals surface area contributed by atoms with Crippen molar-refractivity contribution in [1.29, 1.82) is 5.26 Å². The van der Waals surface area contributed by atoms with Gasteiger partial charge in [0, 0.05) is 11.1 Å². The third-order valence-electron chi connectivity index (χ3n) is 2.28. The third-order valence-corrected chi connectivity index (χ3v) is 2.28. The maximum atomic E-state index is 8.50. The molecule has 0 unspecified atom stereocenters. The fourth-order valence-corrected chi connectivity index (χ4v) is 1.65. The van der Waals surface area contributed by atoms with Gasteiger partial charge < -0.3 is 4.74 Å². The second-order valence-electron chi connectivity index (χ2n) is 3.46. The Hall–Kier alpha value is -2.15. The van der Waals surface area contributed by atoms with Gasteiger partial charge >= 0.3 is 0 Å². The summed E-state index contributed by atoms with van der Waals surface area (Å²) in [5.74, 6) is 1.34. The Labute approximate surface area is 93.5 Å². The van der Waals surface area contributed by atoms with Crippen molar-refractivity contribution in [2.75, 3.05) is 6.61 Å². The van der Waals surface area contributed by atoms with Gasteiger partial charge in [-0.1, -0.05) is 12.1 Å². The standard InChI is InChI=1S/C12H11N3O/c1-8-10-4-3-5-11(16-7-6-13)12(10)15-9(2)14-8/h3-5H,7H2,1-2H3. The van der Waals surface area contributed by atoms with E-state index in [-0.39, 0.29) is 6.61 Å². The van der Waals surface area contributed by atoms with Crippen LogP contribution in [-0.4, -0.2) is 16.6 Å². The Kier molecular flexibility index (Phi) is 2.69. The topological polar surface area (TPSA) is 58.8 Å². The van der Waals surface area contributed by atoms with E-state index in [9.17, 15) is 0 Å². The summed E-state index contributed by atoms with van der Waals surface area (Å²) in [5.41, 5.74) is 1.69. The largest absolute Gasteiger partial charge is 0.476 e. The first-order valence-corrected chi connectivity index (χ1v) is 4.96. The van der Waals surface area contributed by atoms with Crippen LogP contribution < -0.4 is 4.74 Å². The molecule has 0 saturated heterocycles. The van der Waals surface area contributed by atoms with Gasteiger partial charge in [-0.3, -0.25) is 0 Å². The van der Waals surface area contributed by atoms with Crippen LogP contribution in [0, 0.1) is 25.2 Å². The Bertz CT molecular complexity index is 572. The van der Waals surface area contributed by atoms with E-state index >= 15 is 0 Å². The summed E-state index contributed by atoms with van der Waals surface area (Å²) >= 11 is 0. The molecule has 0 radical (unpaired) electrons. The van der Waals surface area contributed by atoms with Crippen molar-refractivity contribution >= 4 is 10.9 Å². The van der Waals surface area contributed by atoms with E-state index in [1.165, 1.54) is 0 Å². The van der Waals surface area contributed by atoms with Crippen LogP contribution in [0.1, 0.15) is 11.5 Å². The lowest BCUT2D eigenvalue weighted by Gasteiger charge is -2.07. The summed E-state index contributed by atoms with van der Waals surface area (Å²) in [6.07, 6.45) is 0. The molecule has 0 spiro atoms. The Morgan fingerprint density at radius 1 is 1.31 bits per heavy atom. The van der Waals surface area contributed by atoms with E-state index in [0.29, 0.717) is 11.6 Å². The van der Waals surface area contributed by atoms with E-state index < -0.39 is 0 Å². The van der Waals surface area contributed by atoms with Crippen molar-refractivity contribution in [2.45, 2.75) is 13.8 Å². The van der Waals surface area contributed by atoms with E-state index in [1.54, 1.807) is 0 Å². The molecule has 0 saturated carbocycles. The second kappa shape index (κ2) is 4.15. The zero-order valence-electron chi connectivity index (χ0n) is 9.19. The van der Waals surface area contributed by atoms with Gasteiger partial charge in [-0.25, -0.2) is 9.97 Å². The van der Waals surface area contributed by atoms with Crippen molar-refractivity contribution in [3.05, 3.63) is 29.7 Å². The molecule has 0 atom stereocenters. The molecule has 4 nitrogen and oxygen atoms in total. The molecular formula is C12H11N3O. The lowest BCUT2D eigenvalue weighted by molar-refractivity contribution is 0.371. The number of fused-ring (bicyclic) bond motifs is 1. The average Bonchev–Trinajstić information content (AvgIpc) is 2.26. The summed E-state index contributed by atoms with van der Waals surface area (Å²) < 4.78 is 5.33. The maximum absolute atomic E-state index is 8.50. The van der Waals surface area contributed by atoms with Crippen LogP contribution in [0.5, 0.6) is 5.75 Å². The van der Waals surface area contributed by atoms with Crippen LogP contribution in [-0.2, 0) is 0 Å². The van der Waals surface area contributed by atoms with Gasteiger partial charge in [0.1, 0.15) is 23.2 Å². The molecule has 16 heavy (non-hydrogen) atoms. The lowest BCUT2D eigenvalue weighted by Crippen LogP contribution is -1.98. The van der Waals surface area contributed by atoms with E-state index in [4.69, 9.17) is 10.00 Å². The first-order valence-electron chi connectivity index (χ1n) is 4.96. The normalized spacial score (nSPS) is 10.1. The molecule has 2 aromatic rings. The first kappa shape index (κ1) is 10.4. The fourth-order valence-electron chi connectivity index (χ4n) is 1.65. The van der Waals surface area contributed by atoms with Crippen molar-refractivity contribution in [2.24, 2.45) is 0 Å². The van der Waals surface area contributed by atoms with Crippen LogP contribution in [0.25, 0.3) is 10.9 Å². The van der Waals surface area contributed by atoms with Crippen molar-refractivity contribution < 1.29 is 4.74 Å². The van der Waals surface area contributed by atoms with Crippen molar-refractivity contribution in [3.8, 4) is 11.8 Å². The number of hydrogen-bond donors (Lipinski definition) is 0. The zero-order chi connectivity index (χ0) is 11.5. The van der Waals surface area contributed by atoms with Gasteiger partial charge in [0.15, 0.2) is 6.61 Å². The number of benzene rings is 1. The van der Waals surface area contributed by atoms with Gasteiger partial charge in [-0.15, -0.1) is 0 Å². The number of rotatable bonds is 2. The Morgan fingerprint density at radius 3 is 2.88 bits per heavy atom. The predicted octanol–water partition coefficient (Wildman–Crippen LogP) is 2.15. The lowest BCUT2D eigenvalue weighted by atomic mass is 10.2. The molecule has 0 aliphatic rings. The highest BCUT2D eigenvalue weighted by molar-refractivity contribution is 5.86. The minimum absolute atomic E-state index is 0.0290. The number of nitrogens with zero attached hydrogens (tertiary/aromatic N) is 3. The highest BCUT2D eigenvalue weighted by Crippen LogP contribution is 2.25. The van der Waals surface area contributed by atoms with Crippen molar-refractivity contribution in [1.82, 2.24) is 9.97 Å². The van der Waals surface area contributed by atoms with Crippen LogP contribution in [0.2, 0.25) is 0 Å². The molecule has 0 aliphatic heterocycles. The minimum atomic E-state index is 0.0290. The quantitative estimate of drug-likeness (QED) is 0.766. The number of aromatic nitrogens is 2. The number of nitriles is 1. The molecule has 0 aliphatic carbocycles.